The maximum absolute atomic E-state index is 12.2. The number of benzene rings is 1. The molecule has 0 spiro atoms. The van der Waals surface area contributed by atoms with Crippen LogP contribution in [0.1, 0.15) is 34.1 Å². The van der Waals surface area contributed by atoms with E-state index >= 15 is 0 Å². The van der Waals surface area contributed by atoms with Crippen LogP contribution in [0.2, 0.25) is 5.02 Å². The Hall–Kier alpha value is -2.80. The molecule has 1 N–H and O–H groups in total. The predicted octanol–water partition coefficient (Wildman–Crippen LogP) is 3.34. The van der Waals surface area contributed by atoms with Gasteiger partial charge >= 0.3 is 0 Å². The number of carbonyl (C=O) groups is 1. The van der Waals surface area contributed by atoms with E-state index in [0.717, 1.165) is 28.3 Å². The van der Waals surface area contributed by atoms with Gasteiger partial charge in [0.15, 0.2) is 6.73 Å². The summed E-state index contributed by atoms with van der Waals surface area (Å²) in [4.78, 5) is 12.2. The van der Waals surface area contributed by atoms with Gasteiger partial charge in [0.1, 0.15) is 11.4 Å². The Bertz CT molecular complexity index is 924. The minimum Gasteiger partial charge on any atom is -0.471 e. The average molecular weight is 388 g/mol. The number of amides is 1. The van der Waals surface area contributed by atoms with Gasteiger partial charge in [-0.2, -0.15) is 10.2 Å². The third kappa shape index (κ3) is 4.68. The van der Waals surface area contributed by atoms with Crippen LogP contribution >= 0.6 is 11.6 Å². The average Bonchev–Trinajstić information content (AvgIpc) is 3.31. The molecule has 1 amide bonds. The van der Waals surface area contributed by atoms with Gasteiger partial charge in [-0.3, -0.25) is 9.48 Å². The van der Waals surface area contributed by atoms with Crippen LogP contribution in [-0.4, -0.2) is 25.5 Å². The highest BCUT2D eigenvalue weighted by molar-refractivity contribution is 6.32. The highest BCUT2D eigenvalue weighted by atomic mass is 35.5. The second-order valence-corrected chi connectivity index (χ2v) is 6.65. The Morgan fingerprint density at radius 3 is 2.67 bits per heavy atom. The van der Waals surface area contributed by atoms with Gasteiger partial charge in [-0.05, 0) is 50.1 Å². The first-order valence-corrected chi connectivity index (χ1v) is 9.06. The lowest BCUT2D eigenvalue weighted by atomic mass is 10.1. The summed E-state index contributed by atoms with van der Waals surface area (Å²) >= 11 is 6.17. The van der Waals surface area contributed by atoms with E-state index in [2.05, 4.69) is 15.5 Å². The number of halogens is 1. The van der Waals surface area contributed by atoms with Gasteiger partial charge in [0.05, 0.1) is 6.20 Å². The molecular weight excluding hydrogens is 366 g/mol. The first kappa shape index (κ1) is 19.0. The third-order valence-electron chi connectivity index (χ3n) is 4.11. The number of aromatic nitrogens is 4. The van der Waals surface area contributed by atoms with Crippen molar-refractivity contribution in [2.75, 3.05) is 0 Å². The third-order valence-corrected chi connectivity index (χ3v) is 4.71. The highest BCUT2D eigenvalue weighted by Gasteiger charge is 2.10. The van der Waals surface area contributed by atoms with Gasteiger partial charge in [-0.1, -0.05) is 11.6 Å². The van der Waals surface area contributed by atoms with Crippen LogP contribution in [0.4, 0.5) is 0 Å². The van der Waals surface area contributed by atoms with Gasteiger partial charge in [-0.15, -0.1) is 0 Å². The molecule has 2 aromatic heterocycles. The summed E-state index contributed by atoms with van der Waals surface area (Å²) in [7, 11) is 0. The molecule has 0 atom stereocenters. The van der Waals surface area contributed by atoms with E-state index in [0.29, 0.717) is 18.0 Å². The van der Waals surface area contributed by atoms with E-state index in [1.54, 1.807) is 23.1 Å². The summed E-state index contributed by atoms with van der Waals surface area (Å²) in [5.41, 5.74) is 3.20. The highest BCUT2D eigenvalue weighted by Crippen LogP contribution is 2.25. The molecule has 142 valence electrons. The molecule has 3 rings (SSSR count). The summed E-state index contributed by atoms with van der Waals surface area (Å²) in [5, 5.41) is 12.0. The number of hydrogen-bond acceptors (Lipinski definition) is 4. The maximum atomic E-state index is 12.2. The van der Waals surface area contributed by atoms with Gasteiger partial charge in [0, 0.05) is 36.1 Å². The molecular formula is C19H22ClN5O2. The Morgan fingerprint density at radius 2 is 2.00 bits per heavy atom. The van der Waals surface area contributed by atoms with Crippen molar-refractivity contribution in [3.8, 4) is 5.75 Å². The first-order valence-electron chi connectivity index (χ1n) is 8.68. The Balaban J connectivity index is 1.55. The summed E-state index contributed by atoms with van der Waals surface area (Å²) in [6.07, 6.45) is 5.36. The summed E-state index contributed by atoms with van der Waals surface area (Å²) in [5.74, 6) is 0.472. The molecule has 27 heavy (non-hydrogen) atoms. The number of ether oxygens (including phenoxy) is 1. The fourth-order valence-electron chi connectivity index (χ4n) is 2.63. The Kier molecular flexibility index (Phi) is 5.81. The Morgan fingerprint density at radius 1 is 1.26 bits per heavy atom. The molecule has 0 radical (unpaired) electrons. The van der Waals surface area contributed by atoms with Crippen LogP contribution in [0.15, 0.2) is 36.8 Å². The monoisotopic (exact) mass is 387 g/mol. The van der Waals surface area contributed by atoms with E-state index in [-0.39, 0.29) is 12.6 Å². The van der Waals surface area contributed by atoms with Crippen LogP contribution in [0.25, 0.3) is 0 Å². The van der Waals surface area contributed by atoms with Crippen LogP contribution in [0, 0.1) is 13.8 Å². The molecule has 1 aromatic carbocycles. The smallest absolute Gasteiger partial charge is 0.272 e. The van der Waals surface area contributed by atoms with E-state index in [1.165, 1.54) is 0 Å². The quantitative estimate of drug-likeness (QED) is 0.674. The number of aryl methyl sites for hydroxylation is 3. The standard InChI is InChI=1S/C19H22ClN5O2/c1-4-24-11-15(10-22-24)9-21-19(26)17-5-6-25(23-17)12-27-16-7-13(2)18(20)14(3)8-16/h5-8,10-11H,4,9,12H2,1-3H3,(H,21,26). The van der Waals surface area contributed by atoms with Crippen molar-refractivity contribution in [2.45, 2.75) is 40.6 Å². The molecule has 0 fully saturated rings. The molecule has 0 saturated carbocycles. The second kappa shape index (κ2) is 8.26. The van der Waals surface area contributed by atoms with Crippen molar-refractivity contribution >= 4 is 17.5 Å². The minimum atomic E-state index is -0.240. The van der Waals surface area contributed by atoms with Gasteiger partial charge in [0.2, 0.25) is 0 Å². The molecule has 3 aromatic rings. The van der Waals surface area contributed by atoms with Crippen LogP contribution < -0.4 is 10.1 Å². The van der Waals surface area contributed by atoms with Crippen molar-refractivity contribution in [3.05, 3.63) is 64.2 Å². The minimum absolute atomic E-state index is 0.205. The van der Waals surface area contributed by atoms with Crippen molar-refractivity contribution in [1.29, 1.82) is 0 Å². The molecule has 2 heterocycles. The molecule has 0 unspecified atom stereocenters. The lowest BCUT2D eigenvalue weighted by molar-refractivity contribution is 0.0944. The molecule has 0 aliphatic rings. The zero-order valence-corrected chi connectivity index (χ0v) is 16.3. The molecule has 0 aliphatic heterocycles. The van der Waals surface area contributed by atoms with Gasteiger partial charge in [-0.25, -0.2) is 4.68 Å². The predicted molar refractivity (Wildman–Crippen MR) is 103 cm³/mol. The normalized spacial score (nSPS) is 10.8. The summed E-state index contributed by atoms with van der Waals surface area (Å²) in [6.45, 7) is 7.29. The maximum Gasteiger partial charge on any atom is 0.272 e. The fraction of sp³-hybridized carbons (Fsp3) is 0.316. The zero-order chi connectivity index (χ0) is 19.4. The number of rotatable bonds is 7. The molecule has 0 aliphatic carbocycles. The lowest BCUT2D eigenvalue weighted by Gasteiger charge is -2.10. The van der Waals surface area contributed by atoms with Gasteiger partial charge in [0.25, 0.3) is 5.91 Å². The fourth-order valence-corrected chi connectivity index (χ4v) is 2.74. The van der Waals surface area contributed by atoms with E-state index < -0.39 is 0 Å². The summed E-state index contributed by atoms with van der Waals surface area (Å²) in [6, 6.07) is 5.42. The molecule has 8 heteroatoms. The van der Waals surface area contributed by atoms with Crippen LogP contribution in [0.3, 0.4) is 0 Å². The number of carbonyl (C=O) groups excluding carboxylic acids is 1. The van der Waals surface area contributed by atoms with E-state index in [9.17, 15) is 4.79 Å². The summed E-state index contributed by atoms with van der Waals surface area (Å²) < 4.78 is 9.13. The lowest BCUT2D eigenvalue weighted by Crippen LogP contribution is -2.23. The molecule has 0 saturated heterocycles. The van der Waals surface area contributed by atoms with Gasteiger partial charge < -0.3 is 10.1 Å². The first-order chi connectivity index (χ1) is 13.0. The number of hydrogen-bond donors (Lipinski definition) is 1. The SMILES string of the molecule is CCn1cc(CNC(=O)c2ccn(COc3cc(C)c(Cl)c(C)c3)n2)cn1. The topological polar surface area (TPSA) is 74.0 Å². The van der Waals surface area contributed by atoms with Crippen LogP contribution in [-0.2, 0) is 19.8 Å². The van der Waals surface area contributed by atoms with Crippen molar-refractivity contribution < 1.29 is 9.53 Å². The number of nitrogens with one attached hydrogen (secondary N) is 1. The zero-order valence-electron chi connectivity index (χ0n) is 15.6. The van der Waals surface area contributed by atoms with Crippen molar-refractivity contribution in [2.24, 2.45) is 0 Å². The Labute approximate surface area is 162 Å². The molecule has 0 bridgehead atoms. The van der Waals surface area contributed by atoms with Crippen molar-refractivity contribution in [3.63, 3.8) is 0 Å². The van der Waals surface area contributed by atoms with E-state index in [1.807, 2.05) is 43.8 Å². The van der Waals surface area contributed by atoms with E-state index in [4.69, 9.17) is 16.3 Å². The largest absolute Gasteiger partial charge is 0.471 e. The van der Waals surface area contributed by atoms with Crippen LogP contribution in [0.5, 0.6) is 5.75 Å². The molecule has 7 nitrogen and oxygen atoms in total. The number of nitrogens with zero attached hydrogens (tertiary/aromatic N) is 4. The second-order valence-electron chi connectivity index (χ2n) is 6.27. The van der Waals surface area contributed by atoms with Crippen molar-refractivity contribution in [1.82, 2.24) is 24.9 Å².